The second-order valence-corrected chi connectivity index (χ2v) is 5.77. The van der Waals surface area contributed by atoms with E-state index in [0.717, 1.165) is 34.7 Å². The van der Waals surface area contributed by atoms with Crippen LogP contribution in [0.1, 0.15) is 12.5 Å². The van der Waals surface area contributed by atoms with Crippen LogP contribution in [0.15, 0.2) is 71.9 Å². The van der Waals surface area contributed by atoms with E-state index >= 15 is 0 Å². The van der Waals surface area contributed by atoms with Gasteiger partial charge in [0.2, 0.25) is 0 Å². The van der Waals surface area contributed by atoms with Gasteiger partial charge >= 0.3 is 0 Å². The average molecular weight is 348 g/mol. The van der Waals surface area contributed by atoms with Crippen LogP contribution < -0.4 is 15.4 Å². The molecule has 134 valence electrons. The lowest BCUT2D eigenvalue weighted by atomic mass is 10.1. The summed E-state index contributed by atoms with van der Waals surface area (Å²) in [6.45, 7) is 4.71. The van der Waals surface area contributed by atoms with Crippen LogP contribution in [0.4, 0.5) is 0 Å². The first-order valence-corrected chi connectivity index (χ1v) is 8.89. The smallest absolute Gasteiger partial charge is 0.191 e. The normalized spacial score (nSPS) is 11.3. The Morgan fingerprint density at radius 2 is 1.81 bits per heavy atom. The van der Waals surface area contributed by atoms with Crippen LogP contribution in [0.5, 0.6) is 5.75 Å². The number of fused-ring (bicyclic) bond motifs is 1. The van der Waals surface area contributed by atoms with Crippen LogP contribution >= 0.6 is 0 Å². The van der Waals surface area contributed by atoms with Gasteiger partial charge < -0.3 is 15.4 Å². The Bertz CT molecular complexity index is 844. The number of hydrogen-bond donors (Lipinski definition) is 2. The van der Waals surface area contributed by atoms with E-state index in [4.69, 9.17) is 4.74 Å². The van der Waals surface area contributed by atoms with Crippen LogP contribution in [-0.2, 0) is 6.54 Å². The molecule has 0 unspecified atom stereocenters. The lowest BCUT2D eigenvalue weighted by molar-refractivity contribution is 0.322. The van der Waals surface area contributed by atoms with Crippen LogP contribution in [0.25, 0.3) is 10.9 Å². The summed E-state index contributed by atoms with van der Waals surface area (Å²) in [5.74, 6) is 1.66. The number of benzene rings is 2. The van der Waals surface area contributed by atoms with Gasteiger partial charge in [-0.05, 0) is 36.8 Å². The second-order valence-electron chi connectivity index (χ2n) is 5.77. The third-order valence-electron chi connectivity index (χ3n) is 3.90. The van der Waals surface area contributed by atoms with E-state index in [2.05, 4.69) is 33.6 Å². The van der Waals surface area contributed by atoms with Crippen molar-refractivity contribution in [3.8, 4) is 5.75 Å². The molecule has 26 heavy (non-hydrogen) atoms. The molecule has 0 bridgehead atoms. The molecule has 0 radical (unpaired) electrons. The molecule has 0 aliphatic rings. The molecule has 0 saturated heterocycles. The number of aliphatic imine (C=N–C) groups is 1. The molecule has 2 aromatic carbocycles. The van der Waals surface area contributed by atoms with Crippen LogP contribution in [0.2, 0.25) is 0 Å². The summed E-state index contributed by atoms with van der Waals surface area (Å²) in [7, 11) is 0. The minimum Gasteiger partial charge on any atom is -0.492 e. The molecule has 0 saturated carbocycles. The maximum Gasteiger partial charge on any atom is 0.191 e. The molecule has 1 aromatic heterocycles. The van der Waals surface area contributed by atoms with Crippen molar-refractivity contribution in [3.05, 3.63) is 72.4 Å². The third kappa shape index (κ3) is 4.96. The SMILES string of the molecule is CCNC(=NCc1ccnc2ccccc12)NCCOc1ccccc1. The Hall–Kier alpha value is -3.08. The molecule has 0 aliphatic heterocycles. The molecular formula is C21H24N4O. The number of guanidine groups is 1. The summed E-state index contributed by atoms with van der Waals surface area (Å²) in [5.41, 5.74) is 2.16. The van der Waals surface area contributed by atoms with Crippen molar-refractivity contribution in [1.29, 1.82) is 0 Å². The fourth-order valence-corrected chi connectivity index (χ4v) is 2.65. The number of ether oxygens (including phenoxy) is 1. The van der Waals surface area contributed by atoms with Crippen LogP contribution in [0.3, 0.4) is 0 Å². The summed E-state index contributed by atoms with van der Waals surface area (Å²) < 4.78 is 5.70. The van der Waals surface area contributed by atoms with Crippen molar-refractivity contribution >= 4 is 16.9 Å². The first-order chi connectivity index (χ1) is 12.9. The van der Waals surface area contributed by atoms with E-state index in [0.29, 0.717) is 19.7 Å². The van der Waals surface area contributed by atoms with Crippen molar-refractivity contribution in [2.45, 2.75) is 13.5 Å². The molecule has 1 heterocycles. The Morgan fingerprint density at radius 1 is 1.00 bits per heavy atom. The van der Waals surface area contributed by atoms with Crippen molar-refractivity contribution in [2.75, 3.05) is 19.7 Å². The molecule has 5 nitrogen and oxygen atoms in total. The largest absolute Gasteiger partial charge is 0.492 e. The number of nitrogens with zero attached hydrogens (tertiary/aromatic N) is 2. The highest BCUT2D eigenvalue weighted by atomic mass is 16.5. The van der Waals surface area contributed by atoms with Crippen molar-refractivity contribution in [1.82, 2.24) is 15.6 Å². The predicted octanol–water partition coefficient (Wildman–Crippen LogP) is 3.37. The van der Waals surface area contributed by atoms with Gasteiger partial charge in [0.15, 0.2) is 5.96 Å². The molecule has 0 aliphatic carbocycles. The highest BCUT2D eigenvalue weighted by Gasteiger charge is 2.02. The van der Waals surface area contributed by atoms with Crippen molar-refractivity contribution in [2.24, 2.45) is 4.99 Å². The minimum absolute atomic E-state index is 0.576. The zero-order valence-corrected chi connectivity index (χ0v) is 15.0. The summed E-state index contributed by atoms with van der Waals surface area (Å²) in [6, 6.07) is 20.0. The predicted molar refractivity (Wildman–Crippen MR) is 106 cm³/mol. The molecule has 5 heteroatoms. The van der Waals surface area contributed by atoms with Gasteiger partial charge in [0.25, 0.3) is 0 Å². The zero-order chi connectivity index (χ0) is 18.0. The molecular weight excluding hydrogens is 324 g/mol. The number of rotatable bonds is 7. The monoisotopic (exact) mass is 348 g/mol. The first kappa shape index (κ1) is 17.7. The van der Waals surface area contributed by atoms with Gasteiger partial charge in [-0.2, -0.15) is 0 Å². The average Bonchev–Trinajstić information content (AvgIpc) is 2.70. The maximum atomic E-state index is 5.70. The maximum absolute atomic E-state index is 5.70. The van der Waals surface area contributed by atoms with E-state index in [9.17, 15) is 0 Å². The summed E-state index contributed by atoms with van der Waals surface area (Å²) in [4.78, 5) is 9.09. The van der Waals surface area contributed by atoms with Crippen molar-refractivity contribution < 1.29 is 4.74 Å². The van der Waals surface area contributed by atoms with Gasteiger partial charge in [0.05, 0.1) is 18.6 Å². The lowest BCUT2D eigenvalue weighted by Crippen LogP contribution is -2.39. The second kappa shape index (κ2) is 9.42. The van der Waals surface area contributed by atoms with E-state index in [1.807, 2.05) is 60.8 Å². The third-order valence-corrected chi connectivity index (χ3v) is 3.90. The Labute approximate surface area is 154 Å². The summed E-state index contributed by atoms with van der Waals surface area (Å²) >= 11 is 0. The van der Waals surface area contributed by atoms with Gasteiger partial charge in [0.1, 0.15) is 12.4 Å². The lowest BCUT2D eigenvalue weighted by Gasteiger charge is -2.12. The highest BCUT2D eigenvalue weighted by Crippen LogP contribution is 2.16. The molecule has 0 spiro atoms. The van der Waals surface area contributed by atoms with Gasteiger partial charge in [-0.15, -0.1) is 0 Å². The first-order valence-electron chi connectivity index (χ1n) is 8.89. The van der Waals surface area contributed by atoms with Crippen LogP contribution in [-0.4, -0.2) is 30.6 Å². The van der Waals surface area contributed by atoms with E-state index < -0.39 is 0 Å². The standard InChI is InChI=1S/C21H24N4O/c1-2-22-21(24-14-15-26-18-8-4-3-5-9-18)25-16-17-12-13-23-20-11-7-6-10-19(17)20/h3-13H,2,14-16H2,1H3,(H2,22,24,25). The summed E-state index contributed by atoms with van der Waals surface area (Å²) in [5, 5.41) is 7.72. The number of nitrogens with one attached hydrogen (secondary N) is 2. The van der Waals surface area contributed by atoms with E-state index in [-0.39, 0.29) is 0 Å². The Kier molecular flexibility index (Phi) is 6.42. The highest BCUT2D eigenvalue weighted by molar-refractivity contribution is 5.83. The molecule has 3 rings (SSSR count). The van der Waals surface area contributed by atoms with Gasteiger partial charge in [-0.3, -0.25) is 4.98 Å². The zero-order valence-electron chi connectivity index (χ0n) is 15.0. The number of pyridine rings is 1. The molecule has 0 fully saturated rings. The van der Waals surface area contributed by atoms with Gasteiger partial charge in [-0.25, -0.2) is 4.99 Å². The molecule has 0 atom stereocenters. The molecule has 2 N–H and O–H groups in total. The number of para-hydroxylation sites is 2. The van der Waals surface area contributed by atoms with E-state index in [1.54, 1.807) is 0 Å². The molecule has 0 amide bonds. The van der Waals surface area contributed by atoms with Crippen LogP contribution in [0, 0.1) is 0 Å². The quantitative estimate of drug-likeness (QED) is 0.390. The topological polar surface area (TPSA) is 58.5 Å². The summed E-state index contributed by atoms with van der Waals surface area (Å²) in [6.07, 6.45) is 1.83. The van der Waals surface area contributed by atoms with E-state index in [1.165, 1.54) is 0 Å². The Morgan fingerprint density at radius 3 is 2.65 bits per heavy atom. The minimum atomic E-state index is 0.576. The molecule has 3 aromatic rings. The van der Waals surface area contributed by atoms with Crippen molar-refractivity contribution in [3.63, 3.8) is 0 Å². The number of aromatic nitrogens is 1. The fraction of sp³-hybridized carbons (Fsp3) is 0.238. The Balaban J connectivity index is 1.58. The number of hydrogen-bond acceptors (Lipinski definition) is 3. The van der Waals surface area contributed by atoms with Gasteiger partial charge in [0, 0.05) is 18.1 Å². The fourth-order valence-electron chi connectivity index (χ4n) is 2.65. The van der Waals surface area contributed by atoms with Gasteiger partial charge in [-0.1, -0.05) is 36.4 Å².